The number of methoxy groups -OCH3 is 1. The molecule has 2 N–H and O–H groups in total. The largest absolute Gasteiger partial charge is 0.496 e. The number of rotatable bonds is 5. The van der Waals surface area contributed by atoms with Crippen LogP contribution in [0, 0.1) is 6.92 Å². The number of nitrogens with zero attached hydrogens (tertiary/aromatic N) is 2. The minimum Gasteiger partial charge on any atom is -0.496 e. The molecule has 2 aromatic rings. The van der Waals surface area contributed by atoms with Crippen LogP contribution in [0.15, 0.2) is 27.2 Å². The standard InChI is InChI=1S/C14H17BrN4O3/c1-8(13-18-9(2)22-19-13)17-14(20)16-7-10-6-11(15)4-5-12(10)21-3/h4-6,8H,7H2,1-3H3,(H2,16,17,20). The van der Waals surface area contributed by atoms with Crippen LogP contribution in [0.4, 0.5) is 4.79 Å². The molecule has 0 saturated heterocycles. The summed E-state index contributed by atoms with van der Waals surface area (Å²) in [7, 11) is 1.59. The molecule has 0 aliphatic carbocycles. The molecule has 0 fully saturated rings. The first kappa shape index (κ1) is 16.3. The van der Waals surface area contributed by atoms with Gasteiger partial charge in [-0.3, -0.25) is 0 Å². The summed E-state index contributed by atoms with van der Waals surface area (Å²) in [5.74, 6) is 1.61. The number of hydrogen-bond acceptors (Lipinski definition) is 5. The number of aromatic nitrogens is 2. The van der Waals surface area contributed by atoms with Crippen molar-refractivity contribution < 1.29 is 14.1 Å². The molecule has 0 aliphatic rings. The topological polar surface area (TPSA) is 89.3 Å². The second-order valence-electron chi connectivity index (χ2n) is 4.68. The zero-order valence-corrected chi connectivity index (χ0v) is 14.1. The quantitative estimate of drug-likeness (QED) is 0.846. The second kappa shape index (κ2) is 7.26. The Hall–Kier alpha value is -2.09. The van der Waals surface area contributed by atoms with Gasteiger partial charge in [0.05, 0.1) is 13.2 Å². The Morgan fingerprint density at radius 2 is 2.27 bits per heavy atom. The minimum absolute atomic E-state index is 0.322. The van der Waals surface area contributed by atoms with E-state index >= 15 is 0 Å². The molecule has 118 valence electrons. The van der Waals surface area contributed by atoms with E-state index in [4.69, 9.17) is 9.26 Å². The molecule has 22 heavy (non-hydrogen) atoms. The number of urea groups is 1. The van der Waals surface area contributed by atoms with Gasteiger partial charge in [0, 0.05) is 23.5 Å². The third kappa shape index (κ3) is 4.20. The number of amides is 2. The average molecular weight is 369 g/mol. The first-order valence-corrected chi connectivity index (χ1v) is 7.46. The Morgan fingerprint density at radius 3 is 2.91 bits per heavy atom. The molecule has 7 nitrogen and oxygen atoms in total. The number of carbonyl (C=O) groups excluding carboxylic acids is 1. The fourth-order valence-corrected chi connectivity index (χ4v) is 2.27. The number of carbonyl (C=O) groups is 1. The highest BCUT2D eigenvalue weighted by Crippen LogP contribution is 2.22. The van der Waals surface area contributed by atoms with Crippen molar-refractivity contribution in [3.05, 3.63) is 40.0 Å². The molecule has 1 aromatic carbocycles. The van der Waals surface area contributed by atoms with Gasteiger partial charge in [0.25, 0.3) is 0 Å². The maximum Gasteiger partial charge on any atom is 0.315 e. The molecule has 0 saturated carbocycles. The Morgan fingerprint density at radius 1 is 1.50 bits per heavy atom. The summed E-state index contributed by atoms with van der Waals surface area (Å²) in [6, 6.07) is 4.94. The van der Waals surface area contributed by atoms with Gasteiger partial charge in [-0.25, -0.2) is 4.79 Å². The van der Waals surface area contributed by atoms with E-state index in [1.165, 1.54) is 0 Å². The molecule has 1 aromatic heterocycles. The van der Waals surface area contributed by atoms with Gasteiger partial charge >= 0.3 is 6.03 Å². The number of ether oxygens (including phenoxy) is 1. The lowest BCUT2D eigenvalue weighted by molar-refractivity contribution is 0.236. The molecule has 1 unspecified atom stereocenters. The van der Waals surface area contributed by atoms with Crippen LogP contribution in [0.2, 0.25) is 0 Å². The third-order valence-electron chi connectivity index (χ3n) is 2.96. The molecule has 1 atom stereocenters. The van der Waals surface area contributed by atoms with Crippen molar-refractivity contribution >= 4 is 22.0 Å². The van der Waals surface area contributed by atoms with Gasteiger partial charge in [0.1, 0.15) is 5.75 Å². The average Bonchev–Trinajstić information content (AvgIpc) is 2.92. The molecule has 2 rings (SSSR count). The van der Waals surface area contributed by atoms with Crippen molar-refractivity contribution in [3.8, 4) is 5.75 Å². The van der Waals surface area contributed by atoms with Crippen molar-refractivity contribution in [1.82, 2.24) is 20.8 Å². The predicted molar refractivity (Wildman–Crippen MR) is 83.5 cm³/mol. The summed E-state index contributed by atoms with van der Waals surface area (Å²) in [6.07, 6.45) is 0. The lowest BCUT2D eigenvalue weighted by Gasteiger charge is -2.13. The van der Waals surface area contributed by atoms with Crippen molar-refractivity contribution in [3.63, 3.8) is 0 Å². The van der Waals surface area contributed by atoms with Crippen molar-refractivity contribution in [2.45, 2.75) is 26.4 Å². The molecule has 0 aliphatic heterocycles. The van der Waals surface area contributed by atoms with Crippen molar-refractivity contribution in [2.75, 3.05) is 7.11 Å². The van der Waals surface area contributed by atoms with Gasteiger partial charge in [0.2, 0.25) is 5.89 Å². The Labute approximate surface area is 136 Å². The number of hydrogen-bond donors (Lipinski definition) is 2. The molecule has 1 heterocycles. The third-order valence-corrected chi connectivity index (χ3v) is 3.45. The van der Waals surface area contributed by atoms with E-state index in [0.29, 0.717) is 24.0 Å². The van der Waals surface area contributed by atoms with Crippen LogP contribution >= 0.6 is 15.9 Å². The van der Waals surface area contributed by atoms with Gasteiger partial charge in [0.15, 0.2) is 5.82 Å². The molecule has 8 heteroatoms. The van der Waals surface area contributed by atoms with Gasteiger partial charge in [-0.1, -0.05) is 21.1 Å². The second-order valence-corrected chi connectivity index (χ2v) is 5.59. The summed E-state index contributed by atoms with van der Waals surface area (Å²) >= 11 is 3.39. The maximum atomic E-state index is 11.9. The molecular weight excluding hydrogens is 352 g/mol. The molecule has 0 bridgehead atoms. The van der Waals surface area contributed by atoms with Gasteiger partial charge < -0.3 is 19.9 Å². The van der Waals surface area contributed by atoms with Crippen LogP contribution in [-0.2, 0) is 6.54 Å². The van der Waals surface area contributed by atoms with E-state index in [9.17, 15) is 4.79 Å². The zero-order valence-electron chi connectivity index (χ0n) is 12.5. The Bertz CT molecular complexity index is 659. The van der Waals surface area contributed by atoms with Crippen molar-refractivity contribution in [2.24, 2.45) is 0 Å². The summed E-state index contributed by atoms with van der Waals surface area (Å²) < 4.78 is 11.1. The van der Waals surface area contributed by atoms with Gasteiger partial charge in [-0.2, -0.15) is 4.98 Å². The van der Waals surface area contributed by atoms with E-state index in [1.807, 2.05) is 18.2 Å². The first-order chi connectivity index (χ1) is 10.5. The Balaban J connectivity index is 1.91. The highest BCUT2D eigenvalue weighted by atomic mass is 79.9. The normalized spacial score (nSPS) is 11.8. The summed E-state index contributed by atoms with van der Waals surface area (Å²) in [6.45, 7) is 3.82. The van der Waals surface area contributed by atoms with E-state index in [2.05, 4.69) is 36.7 Å². The SMILES string of the molecule is COc1ccc(Br)cc1CNC(=O)NC(C)c1noc(C)n1. The predicted octanol–water partition coefficient (Wildman–Crippen LogP) is 2.71. The first-order valence-electron chi connectivity index (χ1n) is 6.66. The molecule has 0 spiro atoms. The van der Waals surface area contributed by atoms with Crippen LogP contribution in [0.5, 0.6) is 5.75 Å². The van der Waals surface area contributed by atoms with Crippen LogP contribution in [0.3, 0.4) is 0 Å². The summed E-state index contributed by atoms with van der Waals surface area (Å²) in [4.78, 5) is 16.0. The smallest absolute Gasteiger partial charge is 0.315 e. The highest BCUT2D eigenvalue weighted by Gasteiger charge is 2.15. The lowest BCUT2D eigenvalue weighted by atomic mass is 10.2. The van der Waals surface area contributed by atoms with E-state index < -0.39 is 0 Å². The summed E-state index contributed by atoms with van der Waals surface area (Å²) in [5.41, 5.74) is 0.870. The van der Waals surface area contributed by atoms with E-state index in [1.54, 1.807) is 21.0 Å². The van der Waals surface area contributed by atoms with Gasteiger partial charge in [-0.05, 0) is 25.1 Å². The van der Waals surface area contributed by atoms with Crippen LogP contribution in [-0.4, -0.2) is 23.3 Å². The number of nitrogens with one attached hydrogen (secondary N) is 2. The number of aryl methyl sites for hydroxylation is 1. The fourth-order valence-electron chi connectivity index (χ4n) is 1.86. The van der Waals surface area contributed by atoms with Gasteiger partial charge in [-0.15, -0.1) is 0 Å². The van der Waals surface area contributed by atoms with Crippen LogP contribution in [0.1, 0.15) is 30.2 Å². The minimum atomic E-state index is -0.346. The van der Waals surface area contributed by atoms with Crippen molar-refractivity contribution in [1.29, 1.82) is 0 Å². The van der Waals surface area contributed by atoms with Crippen LogP contribution in [0.25, 0.3) is 0 Å². The lowest BCUT2D eigenvalue weighted by Crippen LogP contribution is -2.37. The maximum absolute atomic E-state index is 11.9. The molecular formula is C14H17BrN4O3. The van der Waals surface area contributed by atoms with Crippen LogP contribution < -0.4 is 15.4 Å². The highest BCUT2D eigenvalue weighted by molar-refractivity contribution is 9.10. The van der Waals surface area contributed by atoms with E-state index in [-0.39, 0.29) is 12.1 Å². The fraction of sp³-hybridized carbons (Fsp3) is 0.357. The number of benzene rings is 1. The molecule has 0 radical (unpaired) electrons. The van der Waals surface area contributed by atoms with E-state index in [0.717, 1.165) is 10.0 Å². The Kier molecular flexibility index (Phi) is 5.37. The summed E-state index contributed by atoms with van der Waals surface area (Å²) in [5, 5.41) is 9.29. The molecule has 2 amide bonds. The zero-order chi connectivity index (χ0) is 16.1. The number of halogens is 1. The monoisotopic (exact) mass is 368 g/mol.